The van der Waals surface area contributed by atoms with Crippen LogP contribution < -0.4 is 5.32 Å². The summed E-state index contributed by atoms with van der Waals surface area (Å²) in [5.74, 6) is -1.37. The summed E-state index contributed by atoms with van der Waals surface area (Å²) in [5.41, 5.74) is 4.06. The highest BCUT2D eigenvalue weighted by atomic mass is 16.4. The molecule has 4 nitrogen and oxygen atoms in total. The Balaban J connectivity index is 1.73. The van der Waals surface area contributed by atoms with Gasteiger partial charge in [0.05, 0.1) is 5.41 Å². The first-order valence-corrected chi connectivity index (χ1v) is 11.7. The predicted octanol–water partition coefficient (Wildman–Crippen LogP) is 5.53. The zero-order valence-electron chi connectivity index (χ0n) is 19.7. The molecule has 4 heteroatoms. The van der Waals surface area contributed by atoms with Crippen molar-refractivity contribution in [1.82, 2.24) is 5.32 Å². The highest BCUT2D eigenvalue weighted by Gasteiger charge is 2.39. The Kier molecular flexibility index (Phi) is 7.41. The average molecular weight is 464 g/mol. The smallest absolute Gasteiger partial charge is 0.326 e. The number of carbonyl (C=O) groups excluding carboxylic acids is 1. The molecule has 0 aliphatic carbocycles. The van der Waals surface area contributed by atoms with Crippen LogP contribution in [0.3, 0.4) is 0 Å². The van der Waals surface area contributed by atoms with Gasteiger partial charge in [0.15, 0.2) is 0 Å². The second kappa shape index (κ2) is 10.8. The fourth-order valence-corrected chi connectivity index (χ4v) is 4.74. The van der Waals surface area contributed by atoms with E-state index in [1.807, 2.05) is 122 Å². The summed E-state index contributed by atoms with van der Waals surface area (Å²) in [6.07, 6.45) is 0.292. The van der Waals surface area contributed by atoms with Gasteiger partial charge in [-0.25, -0.2) is 4.79 Å². The number of aliphatic carboxylic acids is 1. The quantitative estimate of drug-likeness (QED) is 0.321. The third kappa shape index (κ3) is 5.49. The Hall–Kier alpha value is -4.18. The van der Waals surface area contributed by atoms with Gasteiger partial charge in [-0.2, -0.15) is 0 Å². The molecule has 0 radical (unpaired) electrons. The van der Waals surface area contributed by atoms with Gasteiger partial charge in [0.25, 0.3) is 0 Å². The van der Waals surface area contributed by atoms with Gasteiger partial charge in [-0.05, 0) is 29.2 Å². The lowest BCUT2D eigenvalue weighted by atomic mass is 9.67. The number of hydrogen-bond acceptors (Lipinski definition) is 2. The standard InChI is InChI=1S/C31H29NO3/c1-23-12-11-13-24(20-23)21-28(30(34)35)32-29(33)22-31(25-14-5-2-6-15-25,26-16-7-3-8-17-26)27-18-9-4-10-19-27/h2-20,28H,21-22H2,1H3,(H,32,33)(H,34,35)/t28-/m1/s1. The molecule has 0 heterocycles. The first-order chi connectivity index (χ1) is 17.0. The summed E-state index contributed by atoms with van der Waals surface area (Å²) in [6, 6.07) is 36.4. The fourth-order valence-electron chi connectivity index (χ4n) is 4.74. The Morgan fingerprint density at radius 1 is 0.743 bits per heavy atom. The number of aryl methyl sites for hydroxylation is 1. The molecule has 1 amide bonds. The van der Waals surface area contributed by atoms with Gasteiger partial charge in [0.2, 0.25) is 5.91 Å². The van der Waals surface area contributed by atoms with E-state index in [-0.39, 0.29) is 18.7 Å². The molecule has 0 saturated carbocycles. The van der Waals surface area contributed by atoms with Crippen LogP contribution in [0.5, 0.6) is 0 Å². The van der Waals surface area contributed by atoms with Crippen molar-refractivity contribution in [3.8, 4) is 0 Å². The molecule has 0 saturated heterocycles. The van der Waals surface area contributed by atoms with Crippen LogP contribution in [-0.2, 0) is 21.4 Å². The maximum atomic E-state index is 13.6. The minimum absolute atomic E-state index is 0.0721. The molecule has 0 aromatic heterocycles. The number of carboxylic acids is 1. The molecule has 35 heavy (non-hydrogen) atoms. The normalized spacial score (nSPS) is 12.0. The molecule has 0 spiro atoms. The van der Waals surface area contributed by atoms with Crippen molar-refractivity contribution >= 4 is 11.9 Å². The topological polar surface area (TPSA) is 66.4 Å². The Morgan fingerprint density at radius 2 is 1.23 bits per heavy atom. The van der Waals surface area contributed by atoms with Crippen molar-refractivity contribution < 1.29 is 14.7 Å². The summed E-state index contributed by atoms with van der Waals surface area (Å²) in [7, 11) is 0. The lowest BCUT2D eigenvalue weighted by Gasteiger charge is -2.36. The van der Waals surface area contributed by atoms with Crippen LogP contribution in [0.2, 0.25) is 0 Å². The van der Waals surface area contributed by atoms with E-state index < -0.39 is 17.4 Å². The number of amides is 1. The summed E-state index contributed by atoms with van der Waals surface area (Å²) >= 11 is 0. The first-order valence-electron chi connectivity index (χ1n) is 11.7. The first kappa shape index (κ1) is 24.0. The minimum atomic E-state index is -1.05. The van der Waals surface area contributed by atoms with Crippen LogP contribution in [0, 0.1) is 6.92 Å². The van der Waals surface area contributed by atoms with E-state index in [0.717, 1.165) is 27.8 Å². The molecule has 4 aromatic rings. The molecule has 0 aliphatic rings. The van der Waals surface area contributed by atoms with E-state index in [9.17, 15) is 14.7 Å². The summed E-state index contributed by atoms with van der Waals surface area (Å²) < 4.78 is 0. The van der Waals surface area contributed by atoms with Crippen molar-refractivity contribution in [1.29, 1.82) is 0 Å². The third-order valence-corrected chi connectivity index (χ3v) is 6.38. The minimum Gasteiger partial charge on any atom is -0.480 e. The lowest BCUT2D eigenvalue weighted by molar-refractivity contribution is -0.141. The lowest BCUT2D eigenvalue weighted by Crippen LogP contribution is -2.45. The van der Waals surface area contributed by atoms with E-state index in [1.54, 1.807) is 0 Å². The van der Waals surface area contributed by atoms with Gasteiger partial charge in [-0.1, -0.05) is 121 Å². The van der Waals surface area contributed by atoms with Crippen molar-refractivity contribution in [2.24, 2.45) is 0 Å². The maximum absolute atomic E-state index is 13.6. The number of carbonyl (C=O) groups is 2. The van der Waals surface area contributed by atoms with Gasteiger partial charge in [0, 0.05) is 12.8 Å². The van der Waals surface area contributed by atoms with Gasteiger partial charge in [-0.3, -0.25) is 4.79 Å². The monoisotopic (exact) mass is 463 g/mol. The summed E-state index contributed by atoms with van der Waals surface area (Å²) in [4.78, 5) is 25.7. The molecule has 2 N–H and O–H groups in total. The highest BCUT2D eigenvalue weighted by Crippen LogP contribution is 2.42. The van der Waals surface area contributed by atoms with Crippen LogP contribution >= 0.6 is 0 Å². The maximum Gasteiger partial charge on any atom is 0.326 e. The van der Waals surface area contributed by atoms with Crippen molar-refractivity contribution in [3.63, 3.8) is 0 Å². The van der Waals surface area contributed by atoms with Gasteiger partial charge < -0.3 is 10.4 Å². The highest BCUT2D eigenvalue weighted by molar-refractivity contribution is 5.85. The predicted molar refractivity (Wildman–Crippen MR) is 138 cm³/mol. The van der Waals surface area contributed by atoms with Crippen LogP contribution in [0.1, 0.15) is 34.2 Å². The molecule has 0 unspecified atom stereocenters. The van der Waals surface area contributed by atoms with Crippen molar-refractivity contribution in [2.75, 3.05) is 0 Å². The van der Waals surface area contributed by atoms with Gasteiger partial charge in [0.1, 0.15) is 6.04 Å². The second-order valence-corrected chi connectivity index (χ2v) is 8.83. The number of benzene rings is 4. The summed E-state index contributed by atoms with van der Waals surface area (Å²) in [5, 5.41) is 12.7. The number of rotatable bonds is 9. The zero-order valence-corrected chi connectivity index (χ0v) is 19.7. The zero-order chi connectivity index (χ0) is 24.7. The third-order valence-electron chi connectivity index (χ3n) is 6.38. The van der Waals surface area contributed by atoms with Crippen LogP contribution in [0.15, 0.2) is 115 Å². The molecular formula is C31H29NO3. The van der Waals surface area contributed by atoms with E-state index in [2.05, 4.69) is 5.32 Å². The van der Waals surface area contributed by atoms with E-state index in [0.29, 0.717) is 0 Å². The number of carboxylic acid groups (broad SMARTS) is 1. The molecule has 4 rings (SSSR count). The van der Waals surface area contributed by atoms with E-state index in [4.69, 9.17) is 0 Å². The molecule has 0 fully saturated rings. The molecular weight excluding hydrogens is 434 g/mol. The molecule has 4 aromatic carbocycles. The number of hydrogen-bond donors (Lipinski definition) is 2. The molecule has 0 aliphatic heterocycles. The van der Waals surface area contributed by atoms with Gasteiger partial charge >= 0.3 is 5.97 Å². The van der Waals surface area contributed by atoms with E-state index >= 15 is 0 Å². The average Bonchev–Trinajstić information content (AvgIpc) is 2.88. The van der Waals surface area contributed by atoms with Crippen molar-refractivity contribution in [3.05, 3.63) is 143 Å². The Morgan fingerprint density at radius 3 is 1.66 bits per heavy atom. The van der Waals surface area contributed by atoms with Crippen LogP contribution in [0.4, 0.5) is 0 Å². The van der Waals surface area contributed by atoms with Gasteiger partial charge in [-0.15, -0.1) is 0 Å². The Labute approximate surface area is 206 Å². The summed E-state index contributed by atoms with van der Waals surface area (Å²) in [6.45, 7) is 1.96. The molecule has 176 valence electrons. The second-order valence-electron chi connectivity index (χ2n) is 8.83. The molecule has 0 bridgehead atoms. The molecule has 1 atom stereocenters. The number of nitrogens with one attached hydrogen (secondary N) is 1. The van der Waals surface area contributed by atoms with E-state index in [1.165, 1.54) is 0 Å². The SMILES string of the molecule is Cc1cccc(C[C@@H](NC(=O)CC(c2ccccc2)(c2ccccc2)c2ccccc2)C(=O)O)c1. The van der Waals surface area contributed by atoms with Crippen LogP contribution in [-0.4, -0.2) is 23.0 Å². The fraction of sp³-hybridized carbons (Fsp3) is 0.161. The Bertz CT molecular complexity index is 1170. The van der Waals surface area contributed by atoms with Crippen LogP contribution in [0.25, 0.3) is 0 Å². The largest absolute Gasteiger partial charge is 0.480 e. The van der Waals surface area contributed by atoms with Crippen molar-refractivity contribution in [2.45, 2.75) is 31.2 Å².